The van der Waals surface area contributed by atoms with E-state index in [0.29, 0.717) is 0 Å². The summed E-state index contributed by atoms with van der Waals surface area (Å²) in [5.41, 5.74) is 14.6. The van der Waals surface area contributed by atoms with Gasteiger partial charge in [0, 0.05) is 33.2 Å². The van der Waals surface area contributed by atoms with Crippen molar-refractivity contribution < 1.29 is 0 Å². The minimum absolute atomic E-state index is 1.16. The molecule has 194 valence electrons. The Labute approximate surface area is 235 Å². The first-order valence-electron chi connectivity index (χ1n) is 14.5. The van der Waals surface area contributed by atoms with Gasteiger partial charge in [-0.1, -0.05) is 66.7 Å². The molecule has 0 spiro atoms. The number of rotatable bonds is 3. The molecule has 0 amide bonds. The number of aryl methyl sites for hydroxylation is 3. The molecular formula is C38H32N2. The van der Waals surface area contributed by atoms with E-state index in [-0.39, 0.29) is 0 Å². The summed E-state index contributed by atoms with van der Waals surface area (Å²) >= 11 is 0. The van der Waals surface area contributed by atoms with Gasteiger partial charge < -0.3 is 9.13 Å². The van der Waals surface area contributed by atoms with Crippen molar-refractivity contribution in [2.24, 2.45) is 0 Å². The molecular weight excluding hydrogens is 484 g/mol. The molecule has 0 saturated carbocycles. The zero-order chi connectivity index (χ0) is 26.8. The molecule has 2 heterocycles. The Morgan fingerprint density at radius 1 is 0.475 bits per heavy atom. The van der Waals surface area contributed by atoms with Gasteiger partial charge in [0.1, 0.15) is 0 Å². The first-order valence-corrected chi connectivity index (χ1v) is 14.5. The average Bonchev–Trinajstić information content (AvgIpc) is 3.51. The summed E-state index contributed by atoms with van der Waals surface area (Å²) in [5.74, 6) is 0. The Morgan fingerprint density at radius 3 is 1.52 bits per heavy atom. The number of hydrogen-bond acceptors (Lipinski definition) is 0. The van der Waals surface area contributed by atoms with Gasteiger partial charge in [-0.2, -0.15) is 0 Å². The average molecular weight is 517 g/mol. The van der Waals surface area contributed by atoms with Crippen LogP contribution in [0.25, 0.3) is 55.2 Å². The van der Waals surface area contributed by atoms with Gasteiger partial charge in [0.05, 0.1) is 16.6 Å². The van der Waals surface area contributed by atoms with Crippen LogP contribution in [0.15, 0.2) is 109 Å². The second-order valence-corrected chi connectivity index (χ2v) is 11.4. The van der Waals surface area contributed by atoms with Crippen LogP contribution < -0.4 is 0 Å². The molecule has 1 aliphatic carbocycles. The lowest BCUT2D eigenvalue weighted by Gasteiger charge is -2.18. The third kappa shape index (κ3) is 3.42. The predicted molar refractivity (Wildman–Crippen MR) is 169 cm³/mol. The molecule has 2 aromatic heterocycles. The Balaban J connectivity index is 1.23. The molecule has 2 nitrogen and oxygen atoms in total. The minimum atomic E-state index is 1.16. The third-order valence-corrected chi connectivity index (χ3v) is 8.99. The third-order valence-electron chi connectivity index (χ3n) is 8.99. The van der Waals surface area contributed by atoms with E-state index in [1.54, 1.807) is 5.56 Å². The highest BCUT2D eigenvalue weighted by Gasteiger charge is 2.21. The first-order chi connectivity index (χ1) is 19.7. The smallest absolute Gasteiger partial charge is 0.0541 e. The molecule has 1 aliphatic rings. The molecule has 0 N–H and O–H groups in total. The van der Waals surface area contributed by atoms with Crippen molar-refractivity contribution in [1.82, 2.24) is 9.13 Å². The fraction of sp³-hybridized carbons (Fsp3) is 0.158. The Kier molecular flexibility index (Phi) is 5.25. The minimum Gasteiger partial charge on any atom is -0.313 e. The maximum atomic E-state index is 2.53. The highest BCUT2D eigenvalue weighted by molar-refractivity contribution is 6.09. The molecule has 0 saturated heterocycles. The fourth-order valence-electron chi connectivity index (χ4n) is 7.17. The fourth-order valence-corrected chi connectivity index (χ4v) is 7.17. The predicted octanol–water partition coefficient (Wildman–Crippen LogP) is 9.89. The molecule has 40 heavy (non-hydrogen) atoms. The summed E-state index contributed by atoms with van der Waals surface area (Å²) in [6.45, 7) is 4.51. The second kappa shape index (κ2) is 8.99. The summed E-state index contributed by atoms with van der Waals surface area (Å²) in [4.78, 5) is 0. The number of nitrogens with zero attached hydrogens (tertiary/aromatic N) is 2. The quantitative estimate of drug-likeness (QED) is 0.221. The van der Waals surface area contributed by atoms with Gasteiger partial charge in [-0.15, -0.1) is 0 Å². The van der Waals surface area contributed by atoms with Crippen LogP contribution in [0.3, 0.4) is 0 Å². The Morgan fingerprint density at radius 2 is 0.950 bits per heavy atom. The molecule has 7 aromatic rings. The standard InChI is InChI=1S/C38H32N2/c1-25-23-27(39-35-15-7-3-11-31(35)32-12-4-8-16-36(32)39)19-21-29(25)30-22-20-28(24-26(30)2)40-37-17-9-5-13-33(37)34-14-6-10-18-38(34)40/h3-5,7-9,11-13,15-17,19-24H,6,10,14,18H2,1-2H3. The van der Waals surface area contributed by atoms with Crippen LogP contribution in [-0.2, 0) is 12.8 Å². The van der Waals surface area contributed by atoms with E-state index >= 15 is 0 Å². The van der Waals surface area contributed by atoms with Crippen molar-refractivity contribution >= 4 is 32.7 Å². The van der Waals surface area contributed by atoms with E-state index < -0.39 is 0 Å². The van der Waals surface area contributed by atoms with Crippen LogP contribution in [-0.4, -0.2) is 9.13 Å². The van der Waals surface area contributed by atoms with E-state index in [9.17, 15) is 0 Å². The summed E-state index contributed by atoms with van der Waals surface area (Å²) in [5, 5.41) is 4.02. The van der Waals surface area contributed by atoms with Crippen molar-refractivity contribution in [1.29, 1.82) is 0 Å². The highest BCUT2D eigenvalue weighted by Crippen LogP contribution is 2.37. The van der Waals surface area contributed by atoms with Crippen molar-refractivity contribution in [3.05, 3.63) is 132 Å². The lowest BCUT2D eigenvalue weighted by Crippen LogP contribution is -2.07. The van der Waals surface area contributed by atoms with Gasteiger partial charge in [-0.05, 0) is 110 Å². The van der Waals surface area contributed by atoms with Gasteiger partial charge in [0.25, 0.3) is 0 Å². The number of aromatic nitrogens is 2. The molecule has 0 aliphatic heterocycles. The molecule has 2 heteroatoms. The number of hydrogen-bond donors (Lipinski definition) is 0. The summed E-state index contributed by atoms with van der Waals surface area (Å²) in [6, 6.07) is 40.4. The number of fused-ring (bicyclic) bond motifs is 6. The van der Waals surface area contributed by atoms with Crippen LogP contribution in [0.5, 0.6) is 0 Å². The first kappa shape index (κ1) is 23.3. The molecule has 0 bridgehead atoms. The Hall–Kier alpha value is -4.56. The highest BCUT2D eigenvalue weighted by atomic mass is 15.0. The number of para-hydroxylation sites is 3. The maximum absolute atomic E-state index is 2.53. The zero-order valence-electron chi connectivity index (χ0n) is 23.1. The van der Waals surface area contributed by atoms with Crippen molar-refractivity contribution in [3.63, 3.8) is 0 Å². The SMILES string of the molecule is Cc1cc(-n2c3c(c4ccccc42)CCCC3)ccc1-c1ccc(-n2c3ccccc3c3ccccc32)cc1C. The van der Waals surface area contributed by atoms with Gasteiger partial charge >= 0.3 is 0 Å². The van der Waals surface area contributed by atoms with E-state index in [1.807, 2.05) is 0 Å². The van der Waals surface area contributed by atoms with E-state index in [2.05, 4.69) is 132 Å². The van der Waals surface area contributed by atoms with Crippen molar-refractivity contribution in [2.45, 2.75) is 39.5 Å². The monoisotopic (exact) mass is 516 g/mol. The normalized spacial score (nSPS) is 13.3. The molecule has 8 rings (SSSR count). The number of benzene rings is 5. The van der Waals surface area contributed by atoms with Crippen LogP contribution in [0.2, 0.25) is 0 Å². The second-order valence-electron chi connectivity index (χ2n) is 11.4. The molecule has 0 radical (unpaired) electrons. The topological polar surface area (TPSA) is 9.86 Å². The summed E-state index contributed by atoms with van der Waals surface area (Å²) in [7, 11) is 0. The largest absolute Gasteiger partial charge is 0.313 e. The van der Waals surface area contributed by atoms with Crippen molar-refractivity contribution in [2.75, 3.05) is 0 Å². The summed E-state index contributed by atoms with van der Waals surface area (Å²) in [6.07, 6.45) is 4.92. The Bertz CT molecular complexity index is 2030. The lowest BCUT2D eigenvalue weighted by molar-refractivity contribution is 0.667. The van der Waals surface area contributed by atoms with E-state index in [4.69, 9.17) is 0 Å². The zero-order valence-corrected chi connectivity index (χ0v) is 23.1. The van der Waals surface area contributed by atoms with Gasteiger partial charge in [0.2, 0.25) is 0 Å². The van der Waals surface area contributed by atoms with Crippen LogP contribution >= 0.6 is 0 Å². The molecule has 0 atom stereocenters. The van der Waals surface area contributed by atoms with Gasteiger partial charge in [-0.25, -0.2) is 0 Å². The molecule has 0 unspecified atom stereocenters. The van der Waals surface area contributed by atoms with Crippen LogP contribution in [0.4, 0.5) is 0 Å². The van der Waals surface area contributed by atoms with Gasteiger partial charge in [-0.3, -0.25) is 0 Å². The molecule has 5 aromatic carbocycles. The molecule has 0 fully saturated rings. The summed E-state index contributed by atoms with van der Waals surface area (Å²) < 4.78 is 4.93. The van der Waals surface area contributed by atoms with Crippen molar-refractivity contribution in [3.8, 4) is 22.5 Å². The van der Waals surface area contributed by atoms with Crippen LogP contribution in [0.1, 0.15) is 35.2 Å². The van der Waals surface area contributed by atoms with E-state index in [0.717, 1.165) is 6.42 Å². The maximum Gasteiger partial charge on any atom is 0.0541 e. The lowest BCUT2D eigenvalue weighted by atomic mass is 9.95. The van der Waals surface area contributed by atoms with E-state index in [1.165, 1.54) is 91.3 Å². The van der Waals surface area contributed by atoms with Gasteiger partial charge in [0.15, 0.2) is 0 Å². The van der Waals surface area contributed by atoms with Crippen LogP contribution in [0, 0.1) is 13.8 Å².